The van der Waals surface area contributed by atoms with Crippen molar-refractivity contribution >= 4 is 21.4 Å². The van der Waals surface area contributed by atoms with Gasteiger partial charge in [0.15, 0.2) is 0 Å². The molecule has 0 saturated heterocycles. The minimum Gasteiger partial charge on any atom is -0.397 e. The Morgan fingerprint density at radius 1 is 1.35 bits per heavy atom. The molecule has 2 unspecified atom stereocenters. The number of rotatable bonds is 6. The molecular formula is C13H23N3O3S. The standard InChI is InChI=1S/C13H23N3O3S/c1-9(8-17)10(2)15-13-7-11(5-6-12(13)14)20(18,19)16(3)4/h5-7,9-10,15,17H,8,14H2,1-4H3. The number of nitrogens with two attached hydrogens (primary N) is 1. The van der Waals surface area contributed by atoms with Gasteiger partial charge in [-0.05, 0) is 31.0 Å². The van der Waals surface area contributed by atoms with Gasteiger partial charge in [-0.2, -0.15) is 0 Å². The van der Waals surface area contributed by atoms with Crippen molar-refractivity contribution in [2.75, 3.05) is 31.8 Å². The number of benzene rings is 1. The van der Waals surface area contributed by atoms with Crippen LogP contribution < -0.4 is 11.1 Å². The van der Waals surface area contributed by atoms with Crippen LogP contribution in [-0.2, 0) is 10.0 Å². The van der Waals surface area contributed by atoms with Crippen LogP contribution in [0.5, 0.6) is 0 Å². The van der Waals surface area contributed by atoms with E-state index in [1.807, 2.05) is 13.8 Å². The van der Waals surface area contributed by atoms with E-state index in [1.165, 1.54) is 26.2 Å². The summed E-state index contributed by atoms with van der Waals surface area (Å²) in [5.74, 6) is 0.0310. The summed E-state index contributed by atoms with van der Waals surface area (Å²) < 4.78 is 25.3. The number of anilines is 2. The third-order valence-electron chi connectivity index (χ3n) is 3.33. The first-order valence-corrected chi connectivity index (χ1v) is 7.83. The SMILES string of the molecule is CC(CO)C(C)Nc1cc(S(=O)(=O)N(C)C)ccc1N. The number of nitrogens with one attached hydrogen (secondary N) is 1. The summed E-state index contributed by atoms with van der Waals surface area (Å²) in [4.78, 5) is 0.183. The van der Waals surface area contributed by atoms with E-state index in [0.717, 1.165) is 4.31 Å². The zero-order valence-electron chi connectivity index (χ0n) is 12.3. The number of aliphatic hydroxyl groups excluding tert-OH is 1. The normalized spacial score (nSPS) is 15.1. The fourth-order valence-electron chi connectivity index (χ4n) is 1.58. The van der Waals surface area contributed by atoms with Gasteiger partial charge in [0.2, 0.25) is 10.0 Å². The Balaban J connectivity index is 3.10. The van der Waals surface area contributed by atoms with E-state index in [4.69, 9.17) is 10.8 Å². The molecule has 114 valence electrons. The Morgan fingerprint density at radius 3 is 2.45 bits per heavy atom. The van der Waals surface area contributed by atoms with Gasteiger partial charge in [0.25, 0.3) is 0 Å². The highest BCUT2D eigenvalue weighted by atomic mass is 32.2. The zero-order chi connectivity index (χ0) is 15.5. The van der Waals surface area contributed by atoms with Crippen molar-refractivity contribution in [3.63, 3.8) is 0 Å². The van der Waals surface area contributed by atoms with Crippen LogP contribution in [0.25, 0.3) is 0 Å². The topological polar surface area (TPSA) is 95.7 Å². The molecule has 2 atom stereocenters. The Kier molecular flexibility index (Phi) is 5.38. The van der Waals surface area contributed by atoms with Crippen molar-refractivity contribution in [3.05, 3.63) is 18.2 Å². The predicted molar refractivity (Wildman–Crippen MR) is 81.1 cm³/mol. The fourth-order valence-corrected chi connectivity index (χ4v) is 2.51. The minimum atomic E-state index is -3.49. The Morgan fingerprint density at radius 2 is 1.95 bits per heavy atom. The number of nitrogens with zero attached hydrogens (tertiary/aromatic N) is 1. The summed E-state index contributed by atoms with van der Waals surface area (Å²) in [6.07, 6.45) is 0. The number of sulfonamides is 1. The molecule has 0 fully saturated rings. The van der Waals surface area contributed by atoms with Crippen LogP contribution in [0.1, 0.15) is 13.8 Å². The maximum atomic E-state index is 12.1. The quantitative estimate of drug-likeness (QED) is 0.680. The van der Waals surface area contributed by atoms with Gasteiger partial charge in [0.05, 0.1) is 16.3 Å². The van der Waals surface area contributed by atoms with Gasteiger partial charge in [-0.1, -0.05) is 6.92 Å². The minimum absolute atomic E-state index is 0.0281. The molecule has 0 saturated carbocycles. The summed E-state index contributed by atoms with van der Waals surface area (Å²) in [5.41, 5.74) is 6.89. The summed E-state index contributed by atoms with van der Waals surface area (Å²) in [5, 5.41) is 12.3. The lowest BCUT2D eigenvalue weighted by molar-refractivity contribution is 0.226. The number of hydrogen-bond donors (Lipinski definition) is 3. The Bertz CT molecular complexity index is 558. The second kappa shape index (κ2) is 6.43. The molecule has 0 radical (unpaired) electrons. The molecule has 7 heteroatoms. The van der Waals surface area contributed by atoms with Crippen molar-refractivity contribution < 1.29 is 13.5 Å². The smallest absolute Gasteiger partial charge is 0.242 e. The average Bonchev–Trinajstić information content (AvgIpc) is 2.39. The zero-order valence-corrected chi connectivity index (χ0v) is 13.1. The highest BCUT2D eigenvalue weighted by Gasteiger charge is 2.19. The van der Waals surface area contributed by atoms with Gasteiger partial charge in [-0.15, -0.1) is 0 Å². The lowest BCUT2D eigenvalue weighted by atomic mass is 10.0. The van der Waals surface area contributed by atoms with Crippen LogP contribution in [0.3, 0.4) is 0 Å². The van der Waals surface area contributed by atoms with Gasteiger partial charge in [-0.3, -0.25) is 0 Å². The summed E-state index contributed by atoms with van der Waals surface area (Å²) >= 11 is 0. The molecule has 0 aliphatic heterocycles. The third kappa shape index (κ3) is 3.62. The highest BCUT2D eigenvalue weighted by molar-refractivity contribution is 7.89. The van der Waals surface area contributed by atoms with Crippen LogP contribution in [-0.4, -0.2) is 44.6 Å². The molecule has 1 rings (SSSR count). The van der Waals surface area contributed by atoms with Gasteiger partial charge in [0, 0.05) is 26.7 Å². The molecule has 0 spiro atoms. The molecule has 4 N–H and O–H groups in total. The van der Waals surface area contributed by atoms with Crippen LogP contribution >= 0.6 is 0 Å². The highest BCUT2D eigenvalue weighted by Crippen LogP contribution is 2.25. The number of nitrogen functional groups attached to an aromatic ring is 1. The van der Waals surface area contributed by atoms with E-state index in [2.05, 4.69) is 5.32 Å². The Hall–Kier alpha value is -1.31. The molecule has 0 amide bonds. The van der Waals surface area contributed by atoms with E-state index in [1.54, 1.807) is 6.07 Å². The van der Waals surface area contributed by atoms with E-state index >= 15 is 0 Å². The monoisotopic (exact) mass is 301 g/mol. The third-order valence-corrected chi connectivity index (χ3v) is 5.14. The van der Waals surface area contributed by atoms with Crippen molar-refractivity contribution in [1.82, 2.24) is 4.31 Å². The Labute approximate surface area is 120 Å². The second-order valence-electron chi connectivity index (χ2n) is 5.13. The van der Waals surface area contributed by atoms with E-state index in [9.17, 15) is 8.42 Å². The first-order valence-electron chi connectivity index (χ1n) is 6.39. The van der Waals surface area contributed by atoms with Gasteiger partial charge in [-0.25, -0.2) is 12.7 Å². The van der Waals surface area contributed by atoms with Crippen LogP contribution in [0.4, 0.5) is 11.4 Å². The van der Waals surface area contributed by atoms with E-state index in [0.29, 0.717) is 11.4 Å². The van der Waals surface area contributed by atoms with E-state index in [-0.39, 0.29) is 23.5 Å². The molecule has 0 aromatic heterocycles. The van der Waals surface area contributed by atoms with Crippen LogP contribution in [0.2, 0.25) is 0 Å². The average molecular weight is 301 g/mol. The second-order valence-corrected chi connectivity index (χ2v) is 7.28. The van der Waals surface area contributed by atoms with Crippen molar-refractivity contribution in [2.45, 2.75) is 24.8 Å². The van der Waals surface area contributed by atoms with Gasteiger partial charge in [0.1, 0.15) is 0 Å². The van der Waals surface area contributed by atoms with Crippen molar-refractivity contribution in [2.24, 2.45) is 5.92 Å². The maximum absolute atomic E-state index is 12.1. The molecule has 0 bridgehead atoms. The molecule has 0 aliphatic rings. The molecule has 1 aromatic carbocycles. The number of hydrogen-bond acceptors (Lipinski definition) is 5. The molecule has 6 nitrogen and oxygen atoms in total. The largest absolute Gasteiger partial charge is 0.397 e. The lowest BCUT2D eigenvalue weighted by Gasteiger charge is -2.22. The number of aliphatic hydroxyl groups is 1. The summed E-state index contributed by atoms with van der Waals surface area (Å²) in [7, 11) is -0.527. The predicted octanol–water partition coefficient (Wildman–Crippen LogP) is 0.948. The summed E-state index contributed by atoms with van der Waals surface area (Å²) in [6, 6.07) is 4.54. The molecule has 20 heavy (non-hydrogen) atoms. The molecular weight excluding hydrogens is 278 g/mol. The first kappa shape index (κ1) is 16.7. The van der Waals surface area contributed by atoms with Gasteiger partial charge < -0.3 is 16.2 Å². The molecule has 1 aromatic rings. The van der Waals surface area contributed by atoms with Crippen molar-refractivity contribution in [1.29, 1.82) is 0 Å². The molecule has 0 heterocycles. The van der Waals surface area contributed by atoms with Crippen LogP contribution in [0.15, 0.2) is 23.1 Å². The molecule has 0 aliphatic carbocycles. The van der Waals surface area contributed by atoms with Gasteiger partial charge >= 0.3 is 0 Å². The fraction of sp³-hybridized carbons (Fsp3) is 0.538. The van der Waals surface area contributed by atoms with Crippen molar-refractivity contribution in [3.8, 4) is 0 Å². The maximum Gasteiger partial charge on any atom is 0.242 e. The first-order chi connectivity index (χ1) is 9.20. The lowest BCUT2D eigenvalue weighted by Crippen LogP contribution is -2.27. The van der Waals surface area contributed by atoms with E-state index < -0.39 is 10.0 Å². The summed E-state index contributed by atoms with van der Waals surface area (Å²) in [6.45, 7) is 3.85. The van der Waals surface area contributed by atoms with Crippen LogP contribution in [0, 0.1) is 5.92 Å².